The van der Waals surface area contributed by atoms with Gasteiger partial charge in [0.2, 0.25) is 16.9 Å². The minimum Gasteiger partial charge on any atom is -0.790 e. The second-order valence-corrected chi connectivity index (χ2v) is 20.0. The van der Waals surface area contributed by atoms with Crippen LogP contribution in [-0.2, 0) is 50.7 Å². The van der Waals surface area contributed by atoms with Crippen molar-refractivity contribution in [2.24, 2.45) is 5.41 Å². The largest absolute Gasteiger partial charge is 0.790 e. The number of nitrogens with zero attached hydrogens (tertiary/aromatic N) is 4. The maximum atomic E-state index is 12.6. The summed E-state index contributed by atoms with van der Waals surface area (Å²) in [6, 6.07) is 0. The molecule has 1 aliphatic heterocycles. The SMILES string of the molecule is CCCCCC/C=C\CCC/C=C/C(=O)SCCNC(=O)CCNC(=O)[C@H](O)C(C)(C)COP(=O)([O-])OP(=O)([O-])OC[C@H]1O[C@@H](n2cnc3c(N)ncnc32)[C@H](O)[C@@H]1OP(=O)([O-])[O-]. The van der Waals surface area contributed by atoms with Crippen LogP contribution in [0.3, 0.4) is 0 Å². The normalized spacial score (nSPS) is 20.8. The van der Waals surface area contributed by atoms with Gasteiger partial charge in [0.1, 0.15) is 36.3 Å². The number of anilines is 1. The third-order valence-corrected chi connectivity index (χ3v) is 12.9. The van der Waals surface area contributed by atoms with Crippen LogP contribution in [-0.4, -0.2) is 103 Å². The van der Waals surface area contributed by atoms with Gasteiger partial charge >= 0.3 is 0 Å². The van der Waals surface area contributed by atoms with E-state index in [1.54, 1.807) is 0 Å². The van der Waals surface area contributed by atoms with Crippen molar-refractivity contribution in [2.75, 3.05) is 37.8 Å². The molecule has 0 aliphatic carbocycles. The Labute approximate surface area is 368 Å². The molecule has 0 saturated carbocycles. The summed E-state index contributed by atoms with van der Waals surface area (Å²) in [6.45, 7) is 2.28. The van der Waals surface area contributed by atoms with Gasteiger partial charge in [-0.1, -0.05) is 70.0 Å². The number of nitrogens with two attached hydrogens (primary N) is 1. The van der Waals surface area contributed by atoms with E-state index < -0.39 is 84.6 Å². The first-order valence-corrected chi connectivity index (χ1v) is 25.2. The molecule has 356 valence electrons. The molecule has 0 radical (unpaired) electrons. The molecule has 3 heterocycles. The summed E-state index contributed by atoms with van der Waals surface area (Å²) >= 11 is 1.04. The fraction of sp³-hybridized carbons (Fsp3) is 0.657. The predicted octanol–water partition coefficient (Wildman–Crippen LogP) is 0.390. The lowest BCUT2D eigenvalue weighted by atomic mass is 9.87. The Bertz CT molecular complexity index is 2020. The number of hydrogen-bond acceptors (Lipinski definition) is 22. The van der Waals surface area contributed by atoms with E-state index in [1.807, 2.05) is 6.08 Å². The molecule has 63 heavy (non-hydrogen) atoms. The number of unbranched alkanes of at least 4 members (excludes halogenated alkanes) is 6. The molecule has 2 aromatic rings. The van der Waals surface area contributed by atoms with Crippen LogP contribution in [0.1, 0.15) is 84.8 Å². The number of imidazole rings is 1. The third-order valence-electron chi connectivity index (χ3n) is 9.11. The van der Waals surface area contributed by atoms with Gasteiger partial charge in [0, 0.05) is 30.7 Å². The molecular formula is C35H54N7O17P3S-4. The number of aromatic nitrogens is 4. The minimum absolute atomic E-state index is 0.0210. The van der Waals surface area contributed by atoms with Crippen LogP contribution in [0.25, 0.3) is 11.2 Å². The number of aliphatic hydroxyl groups is 2. The molecule has 2 aromatic heterocycles. The number of ether oxygens (including phenoxy) is 1. The Morgan fingerprint density at radius 2 is 1.67 bits per heavy atom. The van der Waals surface area contributed by atoms with Crippen LogP contribution < -0.4 is 35.9 Å². The number of aliphatic hydroxyl groups excluding tert-OH is 2. The first-order valence-electron chi connectivity index (χ1n) is 19.9. The smallest absolute Gasteiger partial charge is 0.274 e. The van der Waals surface area contributed by atoms with Crippen LogP contribution >= 0.6 is 35.2 Å². The lowest BCUT2D eigenvalue weighted by molar-refractivity contribution is -0.347. The lowest BCUT2D eigenvalue weighted by Crippen LogP contribution is -2.46. The fourth-order valence-electron chi connectivity index (χ4n) is 5.76. The average Bonchev–Trinajstić information content (AvgIpc) is 3.76. The predicted molar refractivity (Wildman–Crippen MR) is 219 cm³/mol. The van der Waals surface area contributed by atoms with E-state index >= 15 is 0 Å². The highest BCUT2D eigenvalue weighted by Crippen LogP contribution is 2.56. The fourth-order valence-corrected chi connectivity index (χ4v) is 9.10. The molecule has 1 fully saturated rings. The summed E-state index contributed by atoms with van der Waals surface area (Å²) in [5.41, 5.74) is 4.08. The highest BCUT2D eigenvalue weighted by Gasteiger charge is 2.47. The van der Waals surface area contributed by atoms with E-state index in [1.165, 1.54) is 45.6 Å². The summed E-state index contributed by atoms with van der Waals surface area (Å²) in [6.07, 6.45) is 8.79. The van der Waals surface area contributed by atoms with Crippen LogP contribution in [0.15, 0.2) is 37.0 Å². The van der Waals surface area contributed by atoms with Gasteiger partial charge in [0.15, 0.2) is 17.7 Å². The van der Waals surface area contributed by atoms with Crippen LogP contribution in [0, 0.1) is 5.41 Å². The molecule has 1 saturated heterocycles. The molecule has 7 atom stereocenters. The Balaban J connectivity index is 1.38. The van der Waals surface area contributed by atoms with Crippen molar-refractivity contribution in [3.63, 3.8) is 0 Å². The van der Waals surface area contributed by atoms with E-state index in [0.717, 1.165) is 54.7 Å². The van der Waals surface area contributed by atoms with Gasteiger partial charge in [0.05, 0.1) is 27.4 Å². The molecule has 1 aliphatic rings. The molecule has 0 aromatic carbocycles. The van der Waals surface area contributed by atoms with Crippen molar-refractivity contribution in [1.82, 2.24) is 30.2 Å². The molecule has 2 amide bonds. The van der Waals surface area contributed by atoms with Crippen LogP contribution in [0.5, 0.6) is 0 Å². The quantitative estimate of drug-likeness (QED) is 0.0318. The summed E-state index contributed by atoms with van der Waals surface area (Å²) in [5, 5.41) is 26.2. The third kappa shape index (κ3) is 19.2. The number of amides is 2. The number of thioether (sulfide) groups is 1. The molecule has 2 unspecified atom stereocenters. The number of phosphoric ester groups is 3. The summed E-state index contributed by atoms with van der Waals surface area (Å²) in [7, 11) is -17.6. The van der Waals surface area contributed by atoms with Crippen LogP contribution in [0.4, 0.5) is 5.82 Å². The Morgan fingerprint density at radius 1 is 0.984 bits per heavy atom. The first-order chi connectivity index (χ1) is 29.6. The van der Waals surface area contributed by atoms with Crippen molar-refractivity contribution in [2.45, 2.75) is 109 Å². The summed E-state index contributed by atoms with van der Waals surface area (Å²) in [5.74, 6) is -1.23. The van der Waals surface area contributed by atoms with Gasteiger partial charge in [-0.2, -0.15) is 0 Å². The number of hydrogen-bond donors (Lipinski definition) is 5. The number of phosphoric acid groups is 3. The molecule has 3 rings (SSSR count). The summed E-state index contributed by atoms with van der Waals surface area (Å²) in [4.78, 5) is 96.5. The van der Waals surface area contributed by atoms with E-state index in [2.05, 4.69) is 62.5 Å². The van der Waals surface area contributed by atoms with Gasteiger partial charge in [-0.15, -0.1) is 0 Å². The number of carbonyl (C=O) groups excluding carboxylic acids is 3. The molecule has 0 spiro atoms. The zero-order valence-corrected chi connectivity index (χ0v) is 38.4. The zero-order valence-electron chi connectivity index (χ0n) is 34.9. The molecule has 28 heteroatoms. The Morgan fingerprint density at radius 3 is 2.37 bits per heavy atom. The second-order valence-electron chi connectivity index (χ2n) is 14.8. The van der Waals surface area contributed by atoms with Crippen molar-refractivity contribution >= 4 is 69.1 Å². The lowest BCUT2D eigenvalue weighted by Gasteiger charge is -2.36. The molecular weight excluding hydrogens is 915 g/mol. The number of rotatable bonds is 29. The maximum absolute atomic E-state index is 12.6. The first kappa shape index (κ1) is 54.4. The highest BCUT2D eigenvalue weighted by atomic mass is 32.2. The topological polar surface area (TPSA) is 375 Å². The zero-order chi connectivity index (χ0) is 46.8. The number of nitrogens with one attached hydrogen (secondary N) is 2. The Hall–Kier alpha value is -2.96. The maximum Gasteiger partial charge on any atom is 0.274 e. The number of carbonyl (C=O) groups is 3. The van der Waals surface area contributed by atoms with E-state index in [-0.39, 0.29) is 41.6 Å². The number of fused-ring (bicyclic) bond motifs is 1. The van der Waals surface area contributed by atoms with Gasteiger partial charge in [0.25, 0.3) is 15.6 Å². The average molecular weight is 970 g/mol. The van der Waals surface area contributed by atoms with E-state index in [9.17, 15) is 57.9 Å². The minimum atomic E-state index is -5.92. The summed E-state index contributed by atoms with van der Waals surface area (Å²) < 4.78 is 60.7. The standard InChI is InChI=1S/C35H58N7O17P3S/c1-4-5-6-7-8-9-10-11-12-13-14-15-26(44)63-19-18-37-25(43)16-17-38-33(47)30(46)35(2,3)21-56-62(53,54)59-61(51,52)55-20-24-29(58-60(48,49)50)28(45)34(57-24)42-23-41-27-31(36)39-22-40-32(27)42/h9-10,14-15,22-24,28-30,34,45-46H,4-8,11-13,16-21H2,1-3H3,(H,37,43)(H,38,47)(H,51,52)(H,53,54)(H2,36,39,40)(H2,48,49,50)/p-4/b10-9-,15-14+/t24-,28-,29-,30+,34-/m1/s1. The molecule has 0 bridgehead atoms. The van der Waals surface area contributed by atoms with E-state index in [0.29, 0.717) is 5.75 Å². The van der Waals surface area contributed by atoms with Gasteiger partial charge in [-0.25, -0.2) is 19.3 Å². The van der Waals surface area contributed by atoms with Crippen molar-refractivity contribution in [3.8, 4) is 0 Å². The molecule has 24 nitrogen and oxygen atoms in total. The van der Waals surface area contributed by atoms with Gasteiger partial charge < -0.3 is 69.0 Å². The monoisotopic (exact) mass is 969 g/mol. The highest BCUT2D eigenvalue weighted by molar-refractivity contribution is 8.14. The Kier molecular flexibility index (Phi) is 22.1. The van der Waals surface area contributed by atoms with E-state index in [4.69, 9.17) is 10.5 Å². The van der Waals surface area contributed by atoms with Crippen molar-refractivity contribution in [3.05, 3.63) is 37.0 Å². The van der Waals surface area contributed by atoms with Crippen molar-refractivity contribution < 1.29 is 80.5 Å². The second kappa shape index (κ2) is 25.7. The number of nitrogen functional groups attached to an aromatic ring is 1. The van der Waals surface area contributed by atoms with Crippen LogP contribution in [0.2, 0.25) is 0 Å². The van der Waals surface area contributed by atoms with Gasteiger partial charge in [-0.3, -0.25) is 28.1 Å². The number of allylic oxidation sites excluding steroid dienone is 3. The van der Waals surface area contributed by atoms with Crippen molar-refractivity contribution in [1.29, 1.82) is 0 Å². The molecule has 6 N–H and O–H groups in total. The van der Waals surface area contributed by atoms with Gasteiger partial charge in [-0.05, 0) is 38.2 Å².